The third-order valence-corrected chi connectivity index (χ3v) is 3.72. The van der Waals surface area contributed by atoms with Crippen LogP contribution in [0.1, 0.15) is 13.3 Å². The van der Waals surface area contributed by atoms with Gasteiger partial charge in [-0.25, -0.2) is 4.79 Å². The van der Waals surface area contributed by atoms with Crippen LogP contribution in [0.5, 0.6) is 0 Å². The number of piperidine rings is 1. The van der Waals surface area contributed by atoms with E-state index in [1.54, 1.807) is 0 Å². The number of morpholine rings is 1. The molecule has 0 bridgehead atoms. The Balaban J connectivity index is 1.81. The molecule has 0 spiro atoms. The zero-order chi connectivity index (χ0) is 12.3. The first-order chi connectivity index (χ1) is 8.16. The van der Waals surface area contributed by atoms with E-state index in [-0.39, 0.29) is 6.03 Å². The largest absolute Gasteiger partial charge is 0.378 e. The van der Waals surface area contributed by atoms with Crippen molar-refractivity contribution in [3.05, 3.63) is 0 Å². The number of amides is 2. The molecule has 2 fully saturated rings. The fourth-order valence-corrected chi connectivity index (χ4v) is 2.58. The van der Waals surface area contributed by atoms with E-state index in [1.165, 1.54) is 0 Å². The van der Waals surface area contributed by atoms with Crippen molar-refractivity contribution in [3.63, 3.8) is 0 Å². The van der Waals surface area contributed by atoms with Gasteiger partial charge in [0.2, 0.25) is 0 Å². The molecule has 2 heterocycles. The number of nitrogens with zero attached hydrogens (tertiary/aromatic N) is 2. The monoisotopic (exact) mass is 241 g/mol. The van der Waals surface area contributed by atoms with Crippen LogP contribution in [0.4, 0.5) is 4.79 Å². The number of hydrogen-bond donors (Lipinski definition) is 1. The van der Waals surface area contributed by atoms with E-state index in [0.29, 0.717) is 38.3 Å². The Bertz CT molecular complexity index is 266. The maximum absolute atomic E-state index is 12.0. The zero-order valence-corrected chi connectivity index (χ0v) is 10.8. The third-order valence-electron chi connectivity index (χ3n) is 3.72. The lowest BCUT2D eigenvalue weighted by Crippen LogP contribution is -2.54. The minimum absolute atomic E-state index is 0.0784. The predicted molar refractivity (Wildman–Crippen MR) is 66.0 cm³/mol. The van der Waals surface area contributed by atoms with Gasteiger partial charge in [0.1, 0.15) is 0 Å². The standard InChI is InChI=1S/C12H23N3O2/c1-10-9-14(2)4-3-11(10)13-12(16)15-5-7-17-8-6-15/h10-11H,3-9H2,1-2H3,(H,13,16). The molecule has 0 radical (unpaired) electrons. The molecule has 2 rings (SSSR count). The molecule has 0 aromatic rings. The first kappa shape index (κ1) is 12.6. The van der Waals surface area contributed by atoms with Gasteiger partial charge < -0.3 is 19.9 Å². The summed E-state index contributed by atoms with van der Waals surface area (Å²) in [6.07, 6.45) is 1.05. The summed E-state index contributed by atoms with van der Waals surface area (Å²) in [5.74, 6) is 0.527. The maximum Gasteiger partial charge on any atom is 0.317 e. The quantitative estimate of drug-likeness (QED) is 0.721. The van der Waals surface area contributed by atoms with Crippen molar-refractivity contribution in [2.45, 2.75) is 19.4 Å². The second kappa shape index (κ2) is 5.69. The second-order valence-corrected chi connectivity index (χ2v) is 5.18. The highest BCUT2D eigenvalue weighted by Gasteiger charge is 2.27. The van der Waals surface area contributed by atoms with Crippen molar-refractivity contribution in [2.24, 2.45) is 5.92 Å². The molecule has 2 aliphatic rings. The predicted octanol–water partition coefficient (Wildman–Crippen LogP) is 0.368. The Morgan fingerprint density at radius 3 is 2.65 bits per heavy atom. The minimum Gasteiger partial charge on any atom is -0.378 e. The second-order valence-electron chi connectivity index (χ2n) is 5.18. The lowest BCUT2D eigenvalue weighted by molar-refractivity contribution is 0.0507. The van der Waals surface area contributed by atoms with Gasteiger partial charge in [-0.1, -0.05) is 6.92 Å². The molecule has 2 amide bonds. The van der Waals surface area contributed by atoms with Crippen LogP contribution >= 0.6 is 0 Å². The normalized spacial score (nSPS) is 31.3. The molecule has 0 aliphatic carbocycles. The Kier molecular flexibility index (Phi) is 4.23. The van der Waals surface area contributed by atoms with Crippen molar-refractivity contribution < 1.29 is 9.53 Å². The summed E-state index contributed by atoms with van der Waals surface area (Å²) in [5, 5.41) is 3.16. The van der Waals surface area contributed by atoms with E-state index in [9.17, 15) is 4.79 Å². The summed E-state index contributed by atoms with van der Waals surface area (Å²) in [7, 11) is 2.14. The molecule has 0 aromatic carbocycles. The fourth-order valence-electron chi connectivity index (χ4n) is 2.58. The van der Waals surface area contributed by atoms with E-state index in [0.717, 1.165) is 19.5 Å². The number of nitrogens with one attached hydrogen (secondary N) is 1. The van der Waals surface area contributed by atoms with Gasteiger partial charge >= 0.3 is 6.03 Å². The average Bonchev–Trinajstić information content (AvgIpc) is 2.34. The molecule has 2 unspecified atom stereocenters. The summed E-state index contributed by atoms with van der Waals surface area (Å²) in [4.78, 5) is 16.2. The molecule has 2 saturated heterocycles. The summed E-state index contributed by atoms with van der Waals surface area (Å²) in [6, 6.07) is 0.399. The van der Waals surface area contributed by atoms with E-state index in [4.69, 9.17) is 4.74 Å². The van der Waals surface area contributed by atoms with Crippen LogP contribution in [0.2, 0.25) is 0 Å². The van der Waals surface area contributed by atoms with Crippen LogP contribution in [-0.4, -0.2) is 68.3 Å². The summed E-state index contributed by atoms with van der Waals surface area (Å²) in [6.45, 7) is 7.10. The van der Waals surface area contributed by atoms with Gasteiger partial charge in [-0.3, -0.25) is 0 Å². The van der Waals surface area contributed by atoms with E-state index >= 15 is 0 Å². The molecule has 17 heavy (non-hydrogen) atoms. The van der Waals surface area contributed by atoms with Crippen LogP contribution in [0.3, 0.4) is 0 Å². The van der Waals surface area contributed by atoms with Gasteiger partial charge in [0.25, 0.3) is 0 Å². The number of carbonyl (C=O) groups is 1. The molecule has 5 nitrogen and oxygen atoms in total. The molecule has 5 heteroatoms. The van der Waals surface area contributed by atoms with Gasteiger partial charge in [0, 0.05) is 25.7 Å². The molecule has 2 atom stereocenters. The van der Waals surface area contributed by atoms with Crippen LogP contribution in [0.15, 0.2) is 0 Å². The number of ether oxygens (including phenoxy) is 1. The molecule has 0 aromatic heterocycles. The first-order valence-electron chi connectivity index (χ1n) is 6.48. The van der Waals surface area contributed by atoms with Crippen molar-refractivity contribution in [3.8, 4) is 0 Å². The number of carbonyl (C=O) groups excluding carboxylic acids is 1. The minimum atomic E-state index is 0.0784. The van der Waals surface area contributed by atoms with Gasteiger partial charge in [0.15, 0.2) is 0 Å². The lowest BCUT2D eigenvalue weighted by atomic mass is 9.94. The van der Waals surface area contributed by atoms with E-state index < -0.39 is 0 Å². The topological polar surface area (TPSA) is 44.8 Å². The fraction of sp³-hybridized carbons (Fsp3) is 0.917. The van der Waals surface area contributed by atoms with Gasteiger partial charge in [-0.2, -0.15) is 0 Å². The molecular weight excluding hydrogens is 218 g/mol. The first-order valence-corrected chi connectivity index (χ1v) is 6.48. The Hall–Kier alpha value is -0.810. The highest BCUT2D eigenvalue weighted by atomic mass is 16.5. The van der Waals surface area contributed by atoms with Crippen LogP contribution in [0, 0.1) is 5.92 Å². The Labute approximate surface area is 103 Å². The zero-order valence-electron chi connectivity index (χ0n) is 10.8. The summed E-state index contributed by atoms with van der Waals surface area (Å²) in [5.41, 5.74) is 0. The van der Waals surface area contributed by atoms with Crippen LogP contribution in [0.25, 0.3) is 0 Å². The smallest absolute Gasteiger partial charge is 0.317 e. The van der Waals surface area contributed by atoms with Crippen molar-refractivity contribution in [2.75, 3.05) is 46.4 Å². The van der Waals surface area contributed by atoms with Crippen molar-refractivity contribution >= 4 is 6.03 Å². The lowest BCUT2D eigenvalue weighted by Gasteiger charge is -2.37. The van der Waals surface area contributed by atoms with E-state index in [1.807, 2.05) is 4.90 Å². The Morgan fingerprint density at radius 2 is 2.00 bits per heavy atom. The summed E-state index contributed by atoms with van der Waals surface area (Å²) < 4.78 is 5.25. The molecule has 2 aliphatic heterocycles. The maximum atomic E-state index is 12.0. The molecule has 1 N–H and O–H groups in total. The Morgan fingerprint density at radius 1 is 1.29 bits per heavy atom. The van der Waals surface area contributed by atoms with Crippen LogP contribution < -0.4 is 5.32 Å². The summed E-state index contributed by atoms with van der Waals surface area (Å²) >= 11 is 0. The van der Waals surface area contributed by atoms with Gasteiger partial charge in [-0.15, -0.1) is 0 Å². The number of rotatable bonds is 1. The average molecular weight is 241 g/mol. The number of likely N-dealkylation sites (tertiary alicyclic amines) is 1. The molecule has 0 saturated carbocycles. The van der Waals surface area contributed by atoms with Gasteiger partial charge in [0.05, 0.1) is 13.2 Å². The SMILES string of the molecule is CC1CN(C)CCC1NC(=O)N1CCOCC1. The molecule has 98 valence electrons. The van der Waals surface area contributed by atoms with Crippen molar-refractivity contribution in [1.29, 1.82) is 0 Å². The van der Waals surface area contributed by atoms with Crippen molar-refractivity contribution in [1.82, 2.24) is 15.1 Å². The molecular formula is C12H23N3O2. The highest BCUT2D eigenvalue weighted by Crippen LogP contribution is 2.15. The number of hydrogen-bond acceptors (Lipinski definition) is 3. The highest BCUT2D eigenvalue weighted by molar-refractivity contribution is 5.74. The van der Waals surface area contributed by atoms with Gasteiger partial charge in [-0.05, 0) is 25.9 Å². The van der Waals surface area contributed by atoms with Crippen LogP contribution in [-0.2, 0) is 4.74 Å². The third kappa shape index (κ3) is 3.33. The number of urea groups is 1. The van der Waals surface area contributed by atoms with E-state index in [2.05, 4.69) is 24.2 Å².